The summed E-state index contributed by atoms with van der Waals surface area (Å²) in [4.78, 5) is 12.6. The number of rotatable bonds is 2. The van der Waals surface area contributed by atoms with E-state index in [1.165, 1.54) is 11.8 Å². The summed E-state index contributed by atoms with van der Waals surface area (Å²) in [5, 5.41) is -0.278. The zero-order chi connectivity index (χ0) is 10.1. The van der Waals surface area contributed by atoms with Crippen molar-refractivity contribution < 1.29 is 9.53 Å². The Morgan fingerprint density at radius 2 is 2.50 bits per heavy atom. The number of fused-ring (bicyclic) bond motifs is 1. The van der Waals surface area contributed by atoms with Crippen molar-refractivity contribution in [2.45, 2.75) is 12.3 Å². The van der Waals surface area contributed by atoms with Gasteiger partial charge in [-0.2, -0.15) is 0 Å². The highest BCUT2D eigenvalue weighted by Crippen LogP contribution is 2.43. The summed E-state index contributed by atoms with van der Waals surface area (Å²) in [6.07, 6.45) is 5.79. The van der Waals surface area contributed by atoms with Gasteiger partial charge in [0.25, 0.3) is 0 Å². The normalized spacial score (nSPS) is 23.9. The number of allylic oxidation sites excluding steroid dienone is 4. The summed E-state index contributed by atoms with van der Waals surface area (Å²) in [5.74, 6) is -0.294. The fourth-order valence-electron chi connectivity index (χ4n) is 1.51. The van der Waals surface area contributed by atoms with Crippen LogP contribution in [-0.4, -0.2) is 18.0 Å². The lowest BCUT2D eigenvalue weighted by Gasteiger charge is -2.07. The topological polar surface area (TPSA) is 52.3 Å². The number of carbonyl (C=O) groups is 1. The van der Waals surface area contributed by atoms with Gasteiger partial charge in [0.15, 0.2) is 0 Å². The minimum Gasteiger partial charge on any atom is -0.463 e. The second kappa shape index (κ2) is 3.63. The van der Waals surface area contributed by atoms with Gasteiger partial charge in [-0.05, 0) is 13.0 Å². The summed E-state index contributed by atoms with van der Waals surface area (Å²) in [5.41, 5.74) is 7.36. The maximum Gasteiger partial charge on any atom is 0.337 e. The average molecular weight is 209 g/mol. The van der Waals surface area contributed by atoms with Crippen molar-refractivity contribution in [3.63, 3.8) is 0 Å². The first-order chi connectivity index (χ1) is 6.74. The summed E-state index contributed by atoms with van der Waals surface area (Å²) in [6, 6.07) is 0. The molecule has 1 aliphatic carbocycles. The fourth-order valence-corrected chi connectivity index (χ4v) is 2.59. The molecule has 2 rings (SSSR count). The maximum absolute atomic E-state index is 11.6. The van der Waals surface area contributed by atoms with Crippen molar-refractivity contribution in [1.82, 2.24) is 0 Å². The lowest BCUT2D eigenvalue weighted by molar-refractivity contribution is -0.138. The molecule has 1 aliphatic heterocycles. The fraction of sp³-hybridized carbons (Fsp3) is 0.300. The molecular formula is C10H11NO2S. The third kappa shape index (κ3) is 1.40. The third-order valence-electron chi connectivity index (χ3n) is 2.10. The van der Waals surface area contributed by atoms with Crippen LogP contribution >= 0.6 is 11.8 Å². The number of hydrogen-bond acceptors (Lipinski definition) is 4. The molecule has 0 aromatic carbocycles. The van der Waals surface area contributed by atoms with Gasteiger partial charge in [-0.25, -0.2) is 4.79 Å². The largest absolute Gasteiger partial charge is 0.463 e. The predicted molar refractivity (Wildman–Crippen MR) is 56.4 cm³/mol. The van der Waals surface area contributed by atoms with Gasteiger partial charge in [0.2, 0.25) is 0 Å². The summed E-state index contributed by atoms with van der Waals surface area (Å²) >= 11 is 1.50. The Kier molecular flexibility index (Phi) is 2.48. The molecule has 2 aliphatic rings. The van der Waals surface area contributed by atoms with E-state index in [4.69, 9.17) is 10.5 Å². The number of esters is 1. The molecule has 4 heteroatoms. The third-order valence-corrected chi connectivity index (χ3v) is 3.20. The highest BCUT2D eigenvalue weighted by atomic mass is 32.2. The summed E-state index contributed by atoms with van der Waals surface area (Å²) < 4.78 is 4.95. The molecule has 74 valence electrons. The molecule has 3 nitrogen and oxygen atoms in total. The van der Waals surface area contributed by atoms with Crippen LogP contribution in [-0.2, 0) is 9.53 Å². The lowest BCUT2D eigenvalue weighted by Crippen LogP contribution is -2.23. The van der Waals surface area contributed by atoms with E-state index in [1.54, 1.807) is 6.92 Å². The molecule has 14 heavy (non-hydrogen) atoms. The van der Waals surface area contributed by atoms with E-state index >= 15 is 0 Å². The zero-order valence-electron chi connectivity index (χ0n) is 7.82. The van der Waals surface area contributed by atoms with Gasteiger partial charge in [0.05, 0.1) is 17.6 Å². The van der Waals surface area contributed by atoms with Crippen LogP contribution in [0.1, 0.15) is 6.92 Å². The van der Waals surface area contributed by atoms with Crippen LogP contribution in [0, 0.1) is 0 Å². The van der Waals surface area contributed by atoms with E-state index in [1.807, 2.05) is 18.2 Å². The Morgan fingerprint density at radius 3 is 3.21 bits per heavy atom. The molecule has 0 bridgehead atoms. The maximum atomic E-state index is 11.6. The van der Waals surface area contributed by atoms with E-state index in [-0.39, 0.29) is 11.3 Å². The van der Waals surface area contributed by atoms with Crippen LogP contribution in [0.4, 0.5) is 0 Å². The van der Waals surface area contributed by atoms with Crippen molar-refractivity contribution in [3.05, 3.63) is 34.3 Å². The number of thioether (sulfide) groups is 1. The minimum atomic E-state index is -0.294. The second-order valence-electron chi connectivity index (χ2n) is 2.98. The average Bonchev–Trinajstić information content (AvgIpc) is 2.63. The van der Waals surface area contributed by atoms with E-state index in [2.05, 4.69) is 0 Å². The SMILES string of the molecule is CCOC(=O)C1=C2C=CC=C2SC1N. The summed E-state index contributed by atoms with van der Waals surface area (Å²) in [7, 11) is 0. The molecule has 1 atom stereocenters. The molecule has 0 saturated carbocycles. The minimum absolute atomic E-state index is 0.278. The molecule has 0 amide bonds. The number of nitrogens with two attached hydrogens (primary N) is 1. The van der Waals surface area contributed by atoms with Crippen LogP contribution in [0.5, 0.6) is 0 Å². The number of ether oxygens (including phenoxy) is 1. The van der Waals surface area contributed by atoms with Crippen LogP contribution in [0.2, 0.25) is 0 Å². The van der Waals surface area contributed by atoms with Crippen molar-refractivity contribution in [1.29, 1.82) is 0 Å². The van der Waals surface area contributed by atoms with Gasteiger partial charge < -0.3 is 10.5 Å². The van der Waals surface area contributed by atoms with Crippen molar-refractivity contribution in [3.8, 4) is 0 Å². The highest BCUT2D eigenvalue weighted by molar-refractivity contribution is 8.04. The molecule has 0 aromatic rings. The van der Waals surface area contributed by atoms with E-state index in [9.17, 15) is 4.79 Å². The Hall–Kier alpha value is -1.00. The Labute approximate surface area is 86.7 Å². The first-order valence-electron chi connectivity index (χ1n) is 4.46. The molecular weight excluding hydrogens is 198 g/mol. The van der Waals surface area contributed by atoms with Crippen LogP contribution in [0.3, 0.4) is 0 Å². The molecule has 1 heterocycles. The molecule has 1 unspecified atom stereocenters. The lowest BCUT2D eigenvalue weighted by atomic mass is 10.1. The molecule has 0 radical (unpaired) electrons. The summed E-state index contributed by atoms with van der Waals surface area (Å²) in [6.45, 7) is 2.17. The van der Waals surface area contributed by atoms with Crippen LogP contribution < -0.4 is 5.73 Å². The molecule has 0 saturated heterocycles. The monoisotopic (exact) mass is 209 g/mol. The van der Waals surface area contributed by atoms with Gasteiger partial charge >= 0.3 is 5.97 Å². The van der Waals surface area contributed by atoms with Gasteiger partial charge in [0, 0.05) is 10.5 Å². The first kappa shape index (κ1) is 9.55. The zero-order valence-corrected chi connectivity index (χ0v) is 8.64. The van der Waals surface area contributed by atoms with Crippen LogP contribution in [0.25, 0.3) is 0 Å². The molecule has 0 fully saturated rings. The number of hydrogen-bond donors (Lipinski definition) is 1. The smallest absolute Gasteiger partial charge is 0.337 e. The van der Waals surface area contributed by atoms with E-state index in [0.717, 1.165) is 10.5 Å². The second-order valence-corrected chi connectivity index (χ2v) is 4.16. The highest BCUT2D eigenvalue weighted by Gasteiger charge is 2.32. The van der Waals surface area contributed by atoms with Crippen molar-refractivity contribution >= 4 is 17.7 Å². The Bertz CT molecular complexity index is 368. The van der Waals surface area contributed by atoms with Crippen molar-refractivity contribution in [2.75, 3.05) is 6.61 Å². The molecule has 0 aromatic heterocycles. The van der Waals surface area contributed by atoms with E-state index in [0.29, 0.717) is 12.2 Å². The van der Waals surface area contributed by atoms with Gasteiger partial charge in [-0.15, -0.1) is 11.8 Å². The van der Waals surface area contributed by atoms with Crippen molar-refractivity contribution in [2.24, 2.45) is 5.73 Å². The van der Waals surface area contributed by atoms with Crippen LogP contribution in [0.15, 0.2) is 34.3 Å². The Morgan fingerprint density at radius 1 is 1.71 bits per heavy atom. The van der Waals surface area contributed by atoms with E-state index < -0.39 is 0 Å². The van der Waals surface area contributed by atoms with Gasteiger partial charge in [0.1, 0.15) is 0 Å². The van der Waals surface area contributed by atoms with Gasteiger partial charge in [-0.3, -0.25) is 0 Å². The quantitative estimate of drug-likeness (QED) is 0.697. The number of carbonyl (C=O) groups excluding carboxylic acids is 1. The molecule has 0 spiro atoms. The first-order valence-corrected chi connectivity index (χ1v) is 5.34. The van der Waals surface area contributed by atoms with Gasteiger partial charge in [-0.1, -0.05) is 12.2 Å². The Balaban J connectivity index is 2.32. The molecule has 2 N–H and O–H groups in total. The standard InChI is InChI=1S/C10H11NO2S/c1-2-13-10(12)8-6-4-3-5-7(6)14-9(8)11/h3-5,9H,2,11H2,1H3. The predicted octanol–water partition coefficient (Wildman–Crippen LogP) is 1.33.